The molecule has 0 saturated heterocycles. The van der Waals surface area contributed by atoms with Crippen LogP contribution < -0.4 is 11.1 Å². The number of nitrogens with one attached hydrogen (secondary N) is 1. The van der Waals surface area contributed by atoms with Crippen molar-refractivity contribution in [3.05, 3.63) is 35.0 Å². The molecule has 5 nitrogen and oxygen atoms in total. The normalized spacial score (nSPS) is 14.3. The molecule has 6 heteroatoms. The van der Waals surface area contributed by atoms with Gasteiger partial charge in [-0.25, -0.2) is 9.97 Å². The summed E-state index contributed by atoms with van der Waals surface area (Å²) in [5.74, 6) is 1.70. The Bertz CT molecular complexity index is 859. The Hall–Kier alpha value is -2.05. The van der Waals surface area contributed by atoms with Gasteiger partial charge in [-0.2, -0.15) is 0 Å². The number of aryl methyl sites for hydroxylation is 2. The van der Waals surface area contributed by atoms with Crippen LogP contribution in [0.15, 0.2) is 24.5 Å². The van der Waals surface area contributed by atoms with Crippen LogP contribution in [0.2, 0.25) is 0 Å². The number of nitrogens with two attached hydrogens (primary N) is 1. The zero-order valence-electron chi connectivity index (χ0n) is 14.3. The highest BCUT2D eigenvalue weighted by Gasteiger charge is 2.20. The first kappa shape index (κ1) is 16.4. The summed E-state index contributed by atoms with van der Waals surface area (Å²) in [7, 11) is 0. The molecule has 0 fully saturated rings. The van der Waals surface area contributed by atoms with Gasteiger partial charge in [-0.15, -0.1) is 11.3 Å². The van der Waals surface area contributed by atoms with Crippen LogP contribution in [0.4, 0.5) is 5.82 Å². The summed E-state index contributed by atoms with van der Waals surface area (Å²) < 4.78 is 0. The fourth-order valence-corrected chi connectivity index (χ4v) is 4.66. The minimum Gasteiger partial charge on any atom is -0.369 e. The van der Waals surface area contributed by atoms with E-state index in [1.165, 1.54) is 41.5 Å². The van der Waals surface area contributed by atoms with Crippen LogP contribution in [-0.2, 0) is 12.8 Å². The fourth-order valence-electron chi connectivity index (χ4n) is 3.40. The van der Waals surface area contributed by atoms with E-state index in [0.29, 0.717) is 6.54 Å². The average molecular weight is 353 g/mol. The predicted octanol–water partition coefficient (Wildman–Crippen LogP) is 3.78. The molecule has 0 saturated carbocycles. The van der Waals surface area contributed by atoms with Crippen LogP contribution in [0.5, 0.6) is 0 Å². The van der Waals surface area contributed by atoms with Gasteiger partial charge in [0.2, 0.25) is 0 Å². The molecular weight excluding hydrogens is 330 g/mol. The maximum absolute atomic E-state index is 5.66. The number of rotatable bonds is 5. The van der Waals surface area contributed by atoms with Gasteiger partial charge in [0.05, 0.1) is 5.39 Å². The Morgan fingerprint density at radius 2 is 2.08 bits per heavy atom. The number of nitrogens with zero attached hydrogens (tertiary/aromatic N) is 3. The molecule has 0 amide bonds. The third-order valence-corrected chi connectivity index (χ3v) is 5.84. The van der Waals surface area contributed by atoms with Crippen molar-refractivity contribution in [2.45, 2.75) is 38.5 Å². The Labute approximate surface area is 151 Å². The second-order valence-corrected chi connectivity index (χ2v) is 7.53. The second kappa shape index (κ2) is 7.45. The summed E-state index contributed by atoms with van der Waals surface area (Å²) in [5.41, 5.74) is 8.08. The minimum atomic E-state index is 0.679. The zero-order chi connectivity index (χ0) is 17.1. The molecule has 0 radical (unpaired) electrons. The maximum Gasteiger partial charge on any atom is 0.164 e. The van der Waals surface area contributed by atoms with E-state index in [0.717, 1.165) is 41.4 Å². The summed E-state index contributed by atoms with van der Waals surface area (Å²) in [5, 5.41) is 4.74. The number of hydrogen-bond donors (Lipinski definition) is 2. The number of aromatic nitrogens is 3. The van der Waals surface area contributed by atoms with E-state index in [1.807, 2.05) is 29.7 Å². The van der Waals surface area contributed by atoms with E-state index < -0.39 is 0 Å². The maximum atomic E-state index is 5.66. The lowest BCUT2D eigenvalue weighted by molar-refractivity contribution is 0.713. The molecule has 0 aliphatic heterocycles. The molecule has 3 aromatic rings. The molecule has 3 N–H and O–H groups in total. The van der Waals surface area contributed by atoms with E-state index in [-0.39, 0.29) is 0 Å². The molecule has 1 aliphatic carbocycles. The fraction of sp³-hybridized carbons (Fsp3) is 0.421. The van der Waals surface area contributed by atoms with E-state index in [2.05, 4.69) is 10.3 Å². The Morgan fingerprint density at radius 3 is 2.92 bits per heavy atom. The standard InChI is InChI=1S/C19H23N5S/c20-9-5-11-22-18-16-14-7-2-1-3-8-15(14)25-19(16)24-17(23-18)13-6-4-10-21-12-13/h4,6,10,12H,1-3,5,7-9,11,20H2,(H,22,23,24). The number of thiophene rings is 1. The summed E-state index contributed by atoms with van der Waals surface area (Å²) in [6.45, 7) is 1.51. The molecule has 0 unspecified atom stereocenters. The highest BCUT2D eigenvalue weighted by atomic mass is 32.1. The van der Waals surface area contributed by atoms with Crippen molar-refractivity contribution in [3.8, 4) is 11.4 Å². The van der Waals surface area contributed by atoms with Crippen molar-refractivity contribution >= 4 is 27.4 Å². The van der Waals surface area contributed by atoms with Crippen LogP contribution in [0.1, 0.15) is 36.1 Å². The van der Waals surface area contributed by atoms with E-state index in [1.54, 1.807) is 6.20 Å². The van der Waals surface area contributed by atoms with E-state index in [9.17, 15) is 0 Å². The van der Waals surface area contributed by atoms with Gasteiger partial charge in [0.15, 0.2) is 5.82 Å². The second-order valence-electron chi connectivity index (χ2n) is 6.45. The lowest BCUT2D eigenvalue weighted by Gasteiger charge is -2.10. The molecule has 0 aromatic carbocycles. The van der Waals surface area contributed by atoms with Crippen LogP contribution in [-0.4, -0.2) is 28.0 Å². The van der Waals surface area contributed by atoms with Crippen molar-refractivity contribution in [1.82, 2.24) is 15.0 Å². The number of pyridine rings is 1. The van der Waals surface area contributed by atoms with E-state index >= 15 is 0 Å². The zero-order valence-corrected chi connectivity index (χ0v) is 15.1. The quantitative estimate of drug-likeness (QED) is 0.539. The van der Waals surface area contributed by atoms with Crippen molar-refractivity contribution in [3.63, 3.8) is 0 Å². The molecule has 1 aliphatic rings. The molecule has 0 bridgehead atoms. The molecule has 3 aromatic heterocycles. The Kier molecular flexibility index (Phi) is 4.90. The number of anilines is 1. The van der Waals surface area contributed by atoms with Crippen LogP contribution in [0.3, 0.4) is 0 Å². The highest BCUT2D eigenvalue weighted by Crippen LogP contribution is 2.39. The highest BCUT2D eigenvalue weighted by molar-refractivity contribution is 7.19. The summed E-state index contributed by atoms with van der Waals surface area (Å²) >= 11 is 1.84. The van der Waals surface area contributed by atoms with Gasteiger partial charge in [-0.3, -0.25) is 4.98 Å². The minimum absolute atomic E-state index is 0.679. The lowest BCUT2D eigenvalue weighted by atomic mass is 10.1. The van der Waals surface area contributed by atoms with Gasteiger partial charge < -0.3 is 11.1 Å². The van der Waals surface area contributed by atoms with Crippen molar-refractivity contribution in [1.29, 1.82) is 0 Å². The van der Waals surface area contributed by atoms with Gasteiger partial charge in [0, 0.05) is 29.4 Å². The topological polar surface area (TPSA) is 76.7 Å². The van der Waals surface area contributed by atoms with E-state index in [4.69, 9.17) is 15.7 Å². The Morgan fingerprint density at radius 1 is 1.16 bits per heavy atom. The summed E-state index contributed by atoms with van der Waals surface area (Å²) in [6, 6.07) is 3.93. The molecule has 3 heterocycles. The molecular formula is C19H23N5S. The van der Waals surface area contributed by atoms with Crippen LogP contribution in [0.25, 0.3) is 21.6 Å². The predicted molar refractivity (Wildman–Crippen MR) is 104 cm³/mol. The van der Waals surface area contributed by atoms with Gasteiger partial charge >= 0.3 is 0 Å². The third kappa shape index (κ3) is 3.37. The molecule has 0 atom stereocenters. The monoisotopic (exact) mass is 353 g/mol. The summed E-state index contributed by atoms with van der Waals surface area (Å²) in [4.78, 5) is 16.5. The van der Waals surface area contributed by atoms with Crippen LogP contribution in [0, 0.1) is 0 Å². The molecule has 25 heavy (non-hydrogen) atoms. The Balaban J connectivity index is 1.84. The largest absolute Gasteiger partial charge is 0.369 e. The van der Waals surface area contributed by atoms with Gasteiger partial charge in [-0.05, 0) is 56.3 Å². The molecule has 0 spiro atoms. The van der Waals surface area contributed by atoms with Gasteiger partial charge in [0.25, 0.3) is 0 Å². The number of hydrogen-bond acceptors (Lipinski definition) is 6. The smallest absolute Gasteiger partial charge is 0.164 e. The molecule has 130 valence electrons. The molecule has 4 rings (SSSR count). The first-order chi connectivity index (χ1) is 12.4. The SMILES string of the molecule is NCCCNc1nc(-c2cccnc2)nc2sc3c(c12)CCCCC3. The average Bonchev–Trinajstić information content (AvgIpc) is 2.84. The summed E-state index contributed by atoms with van der Waals surface area (Å²) in [6.07, 6.45) is 10.7. The first-order valence-corrected chi connectivity index (χ1v) is 9.85. The van der Waals surface area contributed by atoms with Crippen LogP contribution >= 0.6 is 11.3 Å². The lowest BCUT2D eigenvalue weighted by Crippen LogP contribution is -2.10. The van der Waals surface area contributed by atoms with Crippen molar-refractivity contribution in [2.75, 3.05) is 18.4 Å². The number of fused-ring (bicyclic) bond motifs is 3. The van der Waals surface area contributed by atoms with Gasteiger partial charge in [0.1, 0.15) is 10.6 Å². The van der Waals surface area contributed by atoms with Gasteiger partial charge in [-0.1, -0.05) is 6.42 Å². The first-order valence-electron chi connectivity index (χ1n) is 9.03. The van der Waals surface area contributed by atoms with Crippen molar-refractivity contribution < 1.29 is 0 Å². The third-order valence-electron chi connectivity index (χ3n) is 4.66. The van der Waals surface area contributed by atoms with Crippen molar-refractivity contribution in [2.24, 2.45) is 5.73 Å².